The third-order valence-electron chi connectivity index (χ3n) is 4.32. The van der Waals surface area contributed by atoms with Crippen molar-refractivity contribution in [1.82, 2.24) is 9.97 Å². The van der Waals surface area contributed by atoms with Crippen molar-refractivity contribution in [2.24, 2.45) is 0 Å². The Hall–Kier alpha value is -3.98. The van der Waals surface area contributed by atoms with Crippen molar-refractivity contribution in [1.29, 1.82) is 5.26 Å². The molecule has 5 nitrogen and oxygen atoms in total. The highest BCUT2D eigenvalue weighted by atomic mass is 19.1. The van der Waals surface area contributed by atoms with Gasteiger partial charge in [-0.3, -0.25) is 9.78 Å². The van der Waals surface area contributed by atoms with Crippen molar-refractivity contribution in [3.05, 3.63) is 83.4 Å². The number of phenolic OH excluding ortho intramolecular Hbond substituents is 1. The number of aromatic amines is 1. The number of pyridine rings is 1. The zero-order valence-electron chi connectivity index (χ0n) is 13.9. The number of hydrogen-bond acceptors (Lipinski definition) is 4. The quantitative estimate of drug-likeness (QED) is 0.538. The number of nitrogens with zero attached hydrogens (tertiary/aromatic N) is 2. The van der Waals surface area contributed by atoms with Crippen LogP contribution in [0.3, 0.4) is 0 Å². The number of aromatic hydroxyl groups is 1. The van der Waals surface area contributed by atoms with Crippen LogP contribution >= 0.6 is 0 Å². The van der Waals surface area contributed by atoms with Gasteiger partial charge in [0.2, 0.25) is 0 Å². The Labute approximate surface area is 153 Å². The summed E-state index contributed by atoms with van der Waals surface area (Å²) < 4.78 is 13.1. The third-order valence-corrected chi connectivity index (χ3v) is 4.32. The zero-order chi connectivity index (χ0) is 19.0. The number of nitrogens with one attached hydrogen (secondary N) is 1. The molecule has 0 aliphatic rings. The van der Waals surface area contributed by atoms with Gasteiger partial charge in [0.1, 0.15) is 17.6 Å². The van der Waals surface area contributed by atoms with Crippen molar-refractivity contribution in [2.45, 2.75) is 0 Å². The number of fused-ring (bicyclic) bond motifs is 1. The van der Waals surface area contributed by atoms with Gasteiger partial charge in [0.15, 0.2) is 5.78 Å². The van der Waals surface area contributed by atoms with Crippen LogP contribution in [0.1, 0.15) is 21.5 Å². The van der Waals surface area contributed by atoms with Gasteiger partial charge in [-0.25, -0.2) is 4.39 Å². The third kappa shape index (κ3) is 2.81. The predicted molar refractivity (Wildman–Crippen MR) is 97.7 cm³/mol. The molecule has 0 bridgehead atoms. The molecule has 4 rings (SSSR count). The highest BCUT2D eigenvalue weighted by Crippen LogP contribution is 2.30. The molecule has 0 radical (unpaired) electrons. The van der Waals surface area contributed by atoms with Gasteiger partial charge in [-0.2, -0.15) is 5.26 Å². The van der Waals surface area contributed by atoms with Gasteiger partial charge in [-0.15, -0.1) is 0 Å². The second kappa shape index (κ2) is 6.39. The van der Waals surface area contributed by atoms with E-state index in [1.807, 2.05) is 24.3 Å². The molecule has 0 saturated carbocycles. The van der Waals surface area contributed by atoms with Gasteiger partial charge in [0.25, 0.3) is 0 Å². The number of para-hydroxylation sites is 1. The van der Waals surface area contributed by atoms with E-state index >= 15 is 0 Å². The molecule has 2 heterocycles. The highest BCUT2D eigenvalue weighted by Gasteiger charge is 2.18. The molecular formula is C21H12FN3O2. The smallest absolute Gasteiger partial charge is 0.198 e. The first-order valence-corrected chi connectivity index (χ1v) is 8.08. The summed E-state index contributed by atoms with van der Waals surface area (Å²) in [5.74, 6) is -1.64. The fourth-order valence-electron chi connectivity index (χ4n) is 3.01. The summed E-state index contributed by atoms with van der Waals surface area (Å²) in [6.45, 7) is 0. The maximum atomic E-state index is 13.1. The minimum absolute atomic E-state index is 0.0538. The Morgan fingerprint density at radius 1 is 1.19 bits per heavy atom. The minimum Gasteiger partial charge on any atom is -0.507 e. The summed E-state index contributed by atoms with van der Waals surface area (Å²) in [4.78, 5) is 20.1. The van der Waals surface area contributed by atoms with Crippen molar-refractivity contribution in [3.8, 4) is 23.1 Å². The largest absolute Gasteiger partial charge is 0.507 e. The van der Waals surface area contributed by atoms with Crippen LogP contribution < -0.4 is 0 Å². The first-order valence-electron chi connectivity index (χ1n) is 8.08. The molecule has 0 atom stereocenters. The van der Waals surface area contributed by atoms with E-state index < -0.39 is 17.3 Å². The summed E-state index contributed by atoms with van der Waals surface area (Å²) in [6, 6.07) is 14.3. The van der Waals surface area contributed by atoms with Crippen LogP contribution in [0.15, 0.2) is 60.9 Å². The number of rotatable bonds is 3. The molecule has 2 N–H and O–H groups in total. The predicted octanol–water partition coefficient (Wildman–Crippen LogP) is 4.18. The van der Waals surface area contributed by atoms with Crippen molar-refractivity contribution >= 4 is 16.7 Å². The molecule has 2 aromatic heterocycles. The Kier molecular flexibility index (Phi) is 3.90. The topological polar surface area (TPSA) is 89.8 Å². The van der Waals surface area contributed by atoms with Gasteiger partial charge < -0.3 is 10.1 Å². The number of phenols is 1. The van der Waals surface area contributed by atoms with Crippen LogP contribution in [0.4, 0.5) is 4.39 Å². The van der Waals surface area contributed by atoms with E-state index in [0.717, 1.165) is 28.6 Å². The summed E-state index contributed by atoms with van der Waals surface area (Å²) in [7, 11) is 0. The second-order valence-electron chi connectivity index (χ2n) is 5.97. The van der Waals surface area contributed by atoms with E-state index in [1.165, 1.54) is 18.3 Å². The summed E-state index contributed by atoms with van der Waals surface area (Å²) in [5.41, 5.74) is 2.43. The molecule has 0 spiro atoms. The Bertz CT molecular complexity index is 1240. The average Bonchev–Trinajstić information content (AvgIpc) is 3.11. The maximum absolute atomic E-state index is 13.1. The van der Waals surface area contributed by atoms with Gasteiger partial charge >= 0.3 is 0 Å². The van der Waals surface area contributed by atoms with Gasteiger partial charge in [0.05, 0.1) is 16.8 Å². The molecule has 130 valence electrons. The number of halogens is 1. The number of carbonyl (C=O) groups excluding carboxylic acids is 1. The SMILES string of the molecule is N#Cc1cc(C(=O)c2ccc(F)cc2O)cnc1-c1c[nH]c2ccccc12. The monoisotopic (exact) mass is 357 g/mol. The van der Waals surface area contributed by atoms with Crippen LogP contribution in [-0.4, -0.2) is 20.9 Å². The molecule has 0 aliphatic carbocycles. The van der Waals surface area contributed by atoms with Crippen molar-refractivity contribution in [3.63, 3.8) is 0 Å². The van der Waals surface area contributed by atoms with E-state index in [4.69, 9.17) is 0 Å². The summed E-state index contributed by atoms with van der Waals surface area (Å²) in [6.07, 6.45) is 3.12. The van der Waals surface area contributed by atoms with Crippen LogP contribution in [0.5, 0.6) is 5.75 Å². The van der Waals surface area contributed by atoms with E-state index in [2.05, 4.69) is 16.0 Å². The lowest BCUT2D eigenvalue weighted by Crippen LogP contribution is -2.04. The fourth-order valence-corrected chi connectivity index (χ4v) is 3.01. The van der Waals surface area contributed by atoms with Crippen molar-refractivity contribution < 1.29 is 14.3 Å². The minimum atomic E-state index is -0.644. The van der Waals surface area contributed by atoms with E-state index in [1.54, 1.807) is 6.20 Å². The average molecular weight is 357 g/mol. The molecule has 0 amide bonds. The van der Waals surface area contributed by atoms with E-state index in [0.29, 0.717) is 5.69 Å². The van der Waals surface area contributed by atoms with Crippen LogP contribution in [0.25, 0.3) is 22.2 Å². The first kappa shape index (κ1) is 16.5. The Morgan fingerprint density at radius 3 is 2.78 bits per heavy atom. The maximum Gasteiger partial charge on any atom is 0.198 e. The van der Waals surface area contributed by atoms with Gasteiger partial charge in [-0.05, 0) is 24.3 Å². The second-order valence-corrected chi connectivity index (χ2v) is 5.97. The number of H-pyrrole nitrogens is 1. The lowest BCUT2D eigenvalue weighted by atomic mass is 9.99. The summed E-state index contributed by atoms with van der Waals surface area (Å²) in [5, 5.41) is 20.3. The fraction of sp³-hybridized carbons (Fsp3) is 0. The summed E-state index contributed by atoms with van der Waals surface area (Å²) >= 11 is 0. The molecule has 4 aromatic rings. The molecule has 2 aromatic carbocycles. The number of ketones is 1. The molecule has 0 saturated heterocycles. The molecule has 27 heavy (non-hydrogen) atoms. The van der Waals surface area contributed by atoms with E-state index in [9.17, 15) is 19.6 Å². The molecule has 0 unspecified atom stereocenters. The van der Waals surface area contributed by atoms with Crippen LogP contribution in [0.2, 0.25) is 0 Å². The molecule has 6 heteroatoms. The van der Waals surface area contributed by atoms with Crippen molar-refractivity contribution in [2.75, 3.05) is 0 Å². The van der Waals surface area contributed by atoms with Crippen LogP contribution in [0, 0.1) is 17.1 Å². The zero-order valence-corrected chi connectivity index (χ0v) is 13.9. The highest BCUT2D eigenvalue weighted by molar-refractivity contribution is 6.11. The van der Waals surface area contributed by atoms with Crippen LogP contribution in [-0.2, 0) is 0 Å². The van der Waals surface area contributed by atoms with Gasteiger partial charge in [0, 0.05) is 40.5 Å². The number of nitriles is 1. The number of aromatic nitrogens is 2. The molecule has 0 aliphatic heterocycles. The normalized spacial score (nSPS) is 10.7. The number of carbonyl (C=O) groups is 1. The first-order chi connectivity index (χ1) is 13.1. The Morgan fingerprint density at radius 2 is 2.00 bits per heavy atom. The molecular weight excluding hydrogens is 345 g/mol. The standard InChI is InChI=1S/C21H12FN3O2/c22-14-5-6-16(19(26)8-14)21(27)13-7-12(9-23)20(25-10-13)17-11-24-18-4-2-1-3-15(17)18/h1-8,10-11,24,26H. The molecule has 0 fully saturated rings. The lowest BCUT2D eigenvalue weighted by molar-refractivity contribution is 0.103. The number of benzene rings is 2. The lowest BCUT2D eigenvalue weighted by Gasteiger charge is -2.07. The van der Waals surface area contributed by atoms with E-state index in [-0.39, 0.29) is 16.7 Å². The van der Waals surface area contributed by atoms with Gasteiger partial charge in [-0.1, -0.05) is 18.2 Å². The Balaban J connectivity index is 1.80. The number of hydrogen-bond donors (Lipinski definition) is 2.